The van der Waals surface area contributed by atoms with E-state index >= 15 is 0 Å². The van der Waals surface area contributed by atoms with Crippen molar-refractivity contribution in [2.45, 2.75) is 26.2 Å². The van der Waals surface area contributed by atoms with E-state index in [1.54, 1.807) is 0 Å². The second-order valence-corrected chi connectivity index (χ2v) is 4.18. The van der Waals surface area contributed by atoms with Gasteiger partial charge in [0.15, 0.2) is 5.96 Å². The number of nitrogens with one attached hydrogen (secondary N) is 1. The van der Waals surface area contributed by atoms with Crippen LogP contribution in [0.15, 0.2) is 17.1 Å². The van der Waals surface area contributed by atoms with Crippen molar-refractivity contribution in [1.82, 2.24) is 5.32 Å². The van der Waals surface area contributed by atoms with E-state index in [4.69, 9.17) is 5.73 Å². The maximum Gasteiger partial charge on any atom is 0.245 e. The zero-order valence-electron chi connectivity index (χ0n) is 8.89. The van der Waals surface area contributed by atoms with Crippen molar-refractivity contribution < 1.29 is 8.78 Å². The molecule has 0 amide bonds. The fraction of sp³-hybridized carbons (Fsp3) is 0.700. The summed E-state index contributed by atoms with van der Waals surface area (Å²) >= 11 is 0. The molecular formula is C10H17F2N3. The van der Waals surface area contributed by atoms with Crippen LogP contribution >= 0.6 is 0 Å². The van der Waals surface area contributed by atoms with E-state index in [0.29, 0.717) is 19.4 Å². The lowest BCUT2D eigenvalue weighted by Gasteiger charge is -2.11. The van der Waals surface area contributed by atoms with Gasteiger partial charge in [0.2, 0.25) is 6.43 Å². The first-order valence-corrected chi connectivity index (χ1v) is 4.92. The monoisotopic (exact) mass is 217 g/mol. The Morgan fingerprint density at radius 3 is 2.60 bits per heavy atom. The molecule has 0 spiro atoms. The first-order chi connectivity index (χ1) is 6.96. The minimum atomic E-state index is -2.30. The number of alkyl halides is 2. The highest BCUT2D eigenvalue weighted by Crippen LogP contribution is 2.50. The Balaban J connectivity index is 2.34. The van der Waals surface area contributed by atoms with Crippen molar-refractivity contribution in [1.29, 1.82) is 0 Å². The van der Waals surface area contributed by atoms with Gasteiger partial charge in [-0.1, -0.05) is 12.2 Å². The fourth-order valence-corrected chi connectivity index (χ4v) is 1.15. The summed E-state index contributed by atoms with van der Waals surface area (Å²) in [6.07, 6.45) is -1.21. The van der Waals surface area contributed by atoms with Gasteiger partial charge in [-0.2, -0.15) is 0 Å². The molecule has 0 aliphatic heterocycles. The maximum atomic E-state index is 12.5. The van der Waals surface area contributed by atoms with Gasteiger partial charge in [0, 0.05) is 6.54 Å². The maximum absolute atomic E-state index is 12.5. The predicted molar refractivity (Wildman–Crippen MR) is 57.0 cm³/mol. The highest BCUT2D eigenvalue weighted by atomic mass is 19.3. The third-order valence-electron chi connectivity index (χ3n) is 2.49. The van der Waals surface area contributed by atoms with Crippen molar-refractivity contribution >= 4 is 5.96 Å². The first-order valence-electron chi connectivity index (χ1n) is 4.92. The lowest BCUT2D eigenvalue weighted by molar-refractivity contribution is 0.0667. The number of hydrogen-bond donors (Lipinski definition) is 2. The van der Waals surface area contributed by atoms with Crippen LogP contribution < -0.4 is 11.1 Å². The summed E-state index contributed by atoms with van der Waals surface area (Å²) in [5.74, 6) is 0.213. The molecule has 0 heterocycles. The largest absolute Gasteiger partial charge is 0.370 e. The predicted octanol–water partition coefficient (Wildman–Crippen LogP) is 1.51. The van der Waals surface area contributed by atoms with Crippen LogP contribution in [0.4, 0.5) is 8.78 Å². The normalized spacial score (nSPS) is 19.1. The zero-order chi connectivity index (χ0) is 11.5. The molecule has 3 nitrogen and oxygen atoms in total. The molecule has 0 bridgehead atoms. The van der Waals surface area contributed by atoms with Gasteiger partial charge in [-0.25, -0.2) is 8.78 Å². The first kappa shape index (κ1) is 11.9. The number of nitrogens with two attached hydrogens (primary N) is 1. The Morgan fingerprint density at radius 2 is 2.20 bits per heavy atom. The van der Waals surface area contributed by atoms with Crippen molar-refractivity contribution in [2.24, 2.45) is 16.1 Å². The molecule has 1 fully saturated rings. The van der Waals surface area contributed by atoms with Gasteiger partial charge in [-0.3, -0.25) is 4.99 Å². The summed E-state index contributed by atoms with van der Waals surface area (Å²) in [5, 5.41) is 2.80. The smallest absolute Gasteiger partial charge is 0.245 e. The molecule has 0 aromatic rings. The summed E-state index contributed by atoms with van der Waals surface area (Å²) in [5.41, 5.74) is 5.54. The number of guanidine groups is 1. The molecule has 1 aliphatic carbocycles. The molecule has 3 N–H and O–H groups in total. The third-order valence-corrected chi connectivity index (χ3v) is 2.49. The number of hydrogen-bond acceptors (Lipinski definition) is 1. The van der Waals surface area contributed by atoms with Crippen LogP contribution in [0, 0.1) is 5.41 Å². The van der Waals surface area contributed by atoms with E-state index in [1.807, 2.05) is 6.92 Å². The number of halogens is 2. The van der Waals surface area contributed by atoms with E-state index < -0.39 is 11.8 Å². The Labute approximate surface area is 88.4 Å². The van der Waals surface area contributed by atoms with Gasteiger partial charge in [-0.05, 0) is 19.8 Å². The number of nitrogens with zero attached hydrogens (tertiary/aromatic N) is 1. The highest BCUT2D eigenvalue weighted by molar-refractivity contribution is 5.78. The quantitative estimate of drug-likeness (QED) is 0.416. The number of aliphatic imine (C=N–C) groups is 1. The van der Waals surface area contributed by atoms with Crippen LogP contribution in [0.1, 0.15) is 19.8 Å². The molecule has 15 heavy (non-hydrogen) atoms. The van der Waals surface area contributed by atoms with E-state index in [2.05, 4.69) is 16.9 Å². The molecule has 0 aromatic carbocycles. The van der Waals surface area contributed by atoms with E-state index in [1.165, 1.54) is 0 Å². The Morgan fingerprint density at radius 1 is 1.60 bits per heavy atom. The number of rotatable bonds is 5. The minimum absolute atomic E-state index is 0.111. The zero-order valence-corrected chi connectivity index (χ0v) is 8.89. The summed E-state index contributed by atoms with van der Waals surface area (Å²) in [6, 6.07) is 0. The molecule has 86 valence electrons. The van der Waals surface area contributed by atoms with Gasteiger partial charge < -0.3 is 11.1 Å². The molecular weight excluding hydrogens is 200 g/mol. The van der Waals surface area contributed by atoms with Gasteiger partial charge in [0.1, 0.15) is 0 Å². The molecule has 0 aromatic heterocycles. The Kier molecular flexibility index (Phi) is 3.66. The van der Waals surface area contributed by atoms with Crippen molar-refractivity contribution in [3.8, 4) is 0 Å². The van der Waals surface area contributed by atoms with Crippen LogP contribution in [0.3, 0.4) is 0 Å². The van der Waals surface area contributed by atoms with Crippen LogP contribution in [-0.4, -0.2) is 25.5 Å². The molecule has 1 aliphatic rings. The summed E-state index contributed by atoms with van der Waals surface area (Å²) < 4.78 is 25.0. The highest BCUT2D eigenvalue weighted by Gasteiger charge is 2.50. The molecule has 0 saturated heterocycles. The fourth-order valence-electron chi connectivity index (χ4n) is 1.15. The lowest BCUT2D eigenvalue weighted by atomic mass is 10.1. The van der Waals surface area contributed by atoms with Crippen LogP contribution in [0.25, 0.3) is 0 Å². The molecule has 0 radical (unpaired) electrons. The average molecular weight is 217 g/mol. The summed E-state index contributed by atoms with van der Waals surface area (Å²) in [4.78, 5) is 3.91. The van der Waals surface area contributed by atoms with E-state index in [-0.39, 0.29) is 12.5 Å². The lowest BCUT2D eigenvalue weighted by Crippen LogP contribution is -2.33. The van der Waals surface area contributed by atoms with Gasteiger partial charge in [0.25, 0.3) is 0 Å². The average Bonchev–Trinajstić information content (AvgIpc) is 2.92. The van der Waals surface area contributed by atoms with E-state index in [9.17, 15) is 8.78 Å². The van der Waals surface area contributed by atoms with Crippen molar-refractivity contribution in [3.05, 3.63) is 12.2 Å². The second-order valence-electron chi connectivity index (χ2n) is 4.18. The van der Waals surface area contributed by atoms with Crippen molar-refractivity contribution in [2.75, 3.05) is 13.1 Å². The second kappa shape index (κ2) is 4.59. The van der Waals surface area contributed by atoms with E-state index in [0.717, 1.165) is 5.57 Å². The van der Waals surface area contributed by atoms with Crippen LogP contribution in [0.5, 0.6) is 0 Å². The molecule has 0 unspecified atom stereocenters. The molecule has 1 saturated carbocycles. The molecule has 5 heteroatoms. The topological polar surface area (TPSA) is 50.4 Å². The van der Waals surface area contributed by atoms with Crippen molar-refractivity contribution in [3.63, 3.8) is 0 Å². The van der Waals surface area contributed by atoms with Gasteiger partial charge >= 0.3 is 0 Å². The summed E-state index contributed by atoms with van der Waals surface area (Å²) in [7, 11) is 0. The van der Waals surface area contributed by atoms with Gasteiger partial charge in [-0.15, -0.1) is 0 Å². The molecule has 0 atom stereocenters. The summed E-state index contributed by atoms with van der Waals surface area (Å²) in [6.45, 7) is 6.17. The Hall–Kier alpha value is -1.13. The minimum Gasteiger partial charge on any atom is -0.370 e. The third kappa shape index (κ3) is 3.49. The molecule has 1 rings (SSSR count). The standard InChI is InChI=1S/C10H17F2N3/c1-7(2)5-14-9(13)15-6-10(3-4-10)8(11)12/h8H,1,3-6H2,2H3,(H3,13,14,15). The van der Waals surface area contributed by atoms with Crippen LogP contribution in [-0.2, 0) is 0 Å². The SMILES string of the molecule is C=C(C)CNC(N)=NCC1(C(F)F)CC1. The Bertz CT molecular complexity index is 270. The van der Waals surface area contributed by atoms with Crippen LogP contribution in [0.2, 0.25) is 0 Å². The van der Waals surface area contributed by atoms with Gasteiger partial charge in [0.05, 0.1) is 12.0 Å².